The zero-order chi connectivity index (χ0) is 15.4. The Bertz CT molecular complexity index is 759. The largest absolute Gasteiger partial charge is 0.382 e. The van der Waals surface area contributed by atoms with Gasteiger partial charge in [-0.25, -0.2) is 9.07 Å². The molecule has 1 heterocycles. The maximum atomic E-state index is 13.4. The minimum absolute atomic E-state index is 0.277. The molecule has 0 fully saturated rings. The van der Waals surface area contributed by atoms with Crippen LogP contribution in [0.25, 0.3) is 5.69 Å². The number of halogens is 2. The van der Waals surface area contributed by atoms with Gasteiger partial charge in [-0.05, 0) is 28.1 Å². The van der Waals surface area contributed by atoms with Gasteiger partial charge in [0.25, 0.3) is 0 Å². The van der Waals surface area contributed by atoms with Gasteiger partial charge in [-0.1, -0.05) is 0 Å². The van der Waals surface area contributed by atoms with Crippen LogP contribution in [-0.2, 0) is 0 Å². The molecule has 2 rings (SSSR count). The number of anilines is 1. The smallest absolute Gasteiger partial charge is 0.201 e. The van der Waals surface area contributed by atoms with Gasteiger partial charge in [0.1, 0.15) is 11.9 Å². The Kier molecular flexibility index (Phi) is 4.30. The van der Waals surface area contributed by atoms with Crippen molar-refractivity contribution in [1.29, 1.82) is 10.7 Å². The van der Waals surface area contributed by atoms with Gasteiger partial charge < -0.3 is 5.73 Å². The zero-order valence-electron chi connectivity index (χ0n) is 10.5. The van der Waals surface area contributed by atoms with Crippen LogP contribution in [0.15, 0.2) is 40.2 Å². The average Bonchev–Trinajstić information content (AvgIpc) is 2.85. The van der Waals surface area contributed by atoms with Crippen LogP contribution in [0.1, 0.15) is 0 Å². The fourth-order valence-electron chi connectivity index (χ4n) is 1.49. The number of nitriles is 1. The first-order valence-electron chi connectivity index (χ1n) is 5.59. The van der Waals surface area contributed by atoms with Crippen molar-refractivity contribution in [3.8, 4) is 11.8 Å². The maximum Gasteiger partial charge on any atom is 0.201 e. The molecule has 21 heavy (non-hydrogen) atoms. The van der Waals surface area contributed by atoms with Crippen LogP contribution in [0.5, 0.6) is 0 Å². The number of benzene rings is 1. The summed E-state index contributed by atoms with van der Waals surface area (Å²) in [5.41, 5.74) is 8.21. The first kappa shape index (κ1) is 14.7. The van der Waals surface area contributed by atoms with E-state index in [0.717, 1.165) is 4.47 Å². The quantitative estimate of drug-likeness (QED) is 0.444. The van der Waals surface area contributed by atoms with E-state index < -0.39 is 11.7 Å². The number of hydrazone groups is 1. The Hall–Kier alpha value is -2.73. The SMILES string of the molecule is N#C/C(=N\Nc1cc(F)ccc1-n1cc(Br)cn1)C(=N)N. The summed E-state index contributed by atoms with van der Waals surface area (Å²) in [5, 5.41) is 23.7. The zero-order valence-corrected chi connectivity index (χ0v) is 12.1. The van der Waals surface area contributed by atoms with E-state index in [2.05, 4.69) is 31.6 Å². The lowest BCUT2D eigenvalue weighted by atomic mass is 10.2. The fourth-order valence-corrected chi connectivity index (χ4v) is 1.78. The van der Waals surface area contributed by atoms with E-state index >= 15 is 0 Å². The maximum absolute atomic E-state index is 13.4. The van der Waals surface area contributed by atoms with Gasteiger partial charge >= 0.3 is 0 Å². The van der Waals surface area contributed by atoms with Crippen molar-refractivity contribution < 1.29 is 4.39 Å². The number of amidine groups is 1. The second-order valence-corrected chi connectivity index (χ2v) is 4.78. The number of nitrogens with zero attached hydrogens (tertiary/aromatic N) is 4. The summed E-state index contributed by atoms with van der Waals surface area (Å²) >= 11 is 3.27. The number of aromatic nitrogens is 2. The molecule has 0 aliphatic heterocycles. The molecule has 0 spiro atoms. The van der Waals surface area contributed by atoms with Gasteiger partial charge in [-0.15, -0.1) is 0 Å². The van der Waals surface area contributed by atoms with Gasteiger partial charge in [-0.2, -0.15) is 15.5 Å². The van der Waals surface area contributed by atoms with Crippen LogP contribution in [-0.4, -0.2) is 21.3 Å². The third-order valence-electron chi connectivity index (χ3n) is 2.41. The van der Waals surface area contributed by atoms with E-state index in [4.69, 9.17) is 16.4 Å². The molecule has 0 atom stereocenters. The molecule has 9 heteroatoms. The highest BCUT2D eigenvalue weighted by Gasteiger charge is 2.08. The summed E-state index contributed by atoms with van der Waals surface area (Å²) in [7, 11) is 0. The molecule has 2 aromatic rings. The molecule has 1 aromatic carbocycles. The predicted octanol–water partition coefficient (Wildman–Crippen LogP) is 2.00. The highest BCUT2D eigenvalue weighted by molar-refractivity contribution is 9.10. The second-order valence-electron chi connectivity index (χ2n) is 3.86. The van der Waals surface area contributed by atoms with Gasteiger partial charge in [0.2, 0.25) is 5.71 Å². The molecule has 0 saturated carbocycles. The lowest BCUT2D eigenvalue weighted by Crippen LogP contribution is -2.22. The third-order valence-corrected chi connectivity index (χ3v) is 2.82. The van der Waals surface area contributed by atoms with E-state index in [1.165, 1.54) is 22.9 Å². The summed E-state index contributed by atoms with van der Waals surface area (Å²) in [6.07, 6.45) is 3.25. The number of nitrogens with one attached hydrogen (secondary N) is 2. The molecule has 0 radical (unpaired) electrons. The lowest BCUT2D eigenvalue weighted by Gasteiger charge is -2.09. The monoisotopic (exact) mass is 349 g/mol. The number of hydrogen-bond donors (Lipinski definition) is 3. The van der Waals surface area contributed by atoms with Crippen LogP contribution in [0.2, 0.25) is 0 Å². The molecule has 0 saturated heterocycles. The number of nitrogens with two attached hydrogens (primary N) is 1. The number of rotatable bonds is 4. The minimum atomic E-state index is -0.482. The van der Waals surface area contributed by atoms with E-state index in [0.29, 0.717) is 5.69 Å². The fraction of sp³-hybridized carbons (Fsp3) is 0. The highest BCUT2D eigenvalue weighted by atomic mass is 79.9. The third kappa shape index (κ3) is 3.43. The molecular weight excluding hydrogens is 341 g/mol. The molecule has 106 valence electrons. The van der Waals surface area contributed by atoms with E-state index in [-0.39, 0.29) is 11.4 Å². The van der Waals surface area contributed by atoms with Crippen molar-refractivity contribution >= 4 is 33.2 Å². The van der Waals surface area contributed by atoms with Crippen molar-refractivity contribution in [2.75, 3.05) is 5.43 Å². The Morgan fingerprint density at radius 1 is 1.57 bits per heavy atom. The normalized spacial score (nSPS) is 11.0. The second kappa shape index (κ2) is 6.15. The standard InChI is InChI=1S/C12H9BrFN7/c13-7-5-18-21(6-7)11-2-1-8(14)3-9(11)19-20-10(4-15)12(16)17/h1-3,5-6,19H,(H3,16,17)/b20-10+. The van der Waals surface area contributed by atoms with E-state index in [9.17, 15) is 4.39 Å². The summed E-state index contributed by atoms with van der Waals surface area (Å²) < 4.78 is 15.6. The molecule has 0 unspecified atom stereocenters. The molecule has 0 amide bonds. The van der Waals surface area contributed by atoms with Crippen LogP contribution in [0.4, 0.5) is 10.1 Å². The Balaban J connectivity index is 2.41. The molecule has 7 nitrogen and oxygen atoms in total. The van der Waals surface area contributed by atoms with Crippen LogP contribution in [0, 0.1) is 22.6 Å². The summed E-state index contributed by atoms with van der Waals surface area (Å²) in [4.78, 5) is 0. The van der Waals surface area contributed by atoms with Gasteiger partial charge in [0.05, 0.1) is 22.0 Å². The Morgan fingerprint density at radius 2 is 2.33 bits per heavy atom. The van der Waals surface area contributed by atoms with Crippen LogP contribution < -0.4 is 11.2 Å². The lowest BCUT2D eigenvalue weighted by molar-refractivity contribution is 0.627. The van der Waals surface area contributed by atoms with E-state index in [1.54, 1.807) is 18.5 Å². The Labute approximate surface area is 127 Å². The first-order valence-corrected chi connectivity index (χ1v) is 6.39. The van der Waals surface area contributed by atoms with Crippen molar-refractivity contribution in [3.63, 3.8) is 0 Å². The van der Waals surface area contributed by atoms with Crippen molar-refractivity contribution in [1.82, 2.24) is 9.78 Å². The van der Waals surface area contributed by atoms with E-state index in [1.807, 2.05) is 0 Å². The Morgan fingerprint density at radius 3 is 2.90 bits per heavy atom. The summed E-state index contributed by atoms with van der Waals surface area (Å²) in [6.45, 7) is 0. The molecule has 0 bridgehead atoms. The van der Waals surface area contributed by atoms with Gasteiger partial charge in [0.15, 0.2) is 5.84 Å². The molecular formula is C12H9BrFN7. The van der Waals surface area contributed by atoms with Gasteiger partial charge in [0, 0.05) is 12.3 Å². The van der Waals surface area contributed by atoms with Crippen LogP contribution in [0.3, 0.4) is 0 Å². The highest BCUT2D eigenvalue weighted by Crippen LogP contribution is 2.22. The topological polar surface area (TPSA) is 116 Å². The first-order chi connectivity index (χ1) is 10.0. The summed E-state index contributed by atoms with van der Waals surface area (Å²) in [6, 6.07) is 5.64. The van der Waals surface area contributed by atoms with Crippen molar-refractivity contribution in [2.24, 2.45) is 10.8 Å². The van der Waals surface area contributed by atoms with Crippen molar-refractivity contribution in [2.45, 2.75) is 0 Å². The molecule has 4 N–H and O–H groups in total. The van der Waals surface area contributed by atoms with Gasteiger partial charge in [-0.3, -0.25) is 10.8 Å². The minimum Gasteiger partial charge on any atom is -0.382 e. The molecule has 0 aliphatic rings. The molecule has 0 aliphatic carbocycles. The average molecular weight is 350 g/mol. The predicted molar refractivity (Wildman–Crippen MR) is 79.8 cm³/mol. The summed E-state index contributed by atoms with van der Waals surface area (Å²) in [5.74, 6) is -0.964. The molecule has 1 aromatic heterocycles. The number of hydrogen-bond acceptors (Lipinski definition) is 5. The van der Waals surface area contributed by atoms with Crippen molar-refractivity contribution in [3.05, 3.63) is 40.9 Å². The van der Waals surface area contributed by atoms with Crippen LogP contribution >= 0.6 is 15.9 Å².